The summed E-state index contributed by atoms with van der Waals surface area (Å²) in [6.45, 7) is 4.04. The predicted molar refractivity (Wildman–Crippen MR) is 73.0 cm³/mol. The number of thioether (sulfide) groups is 1. The Morgan fingerprint density at radius 2 is 2.05 bits per heavy atom. The van der Waals surface area contributed by atoms with Crippen molar-refractivity contribution in [2.24, 2.45) is 0 Å². The summed E-state index contributed by atoms with van der Waals surface area (Å²) in [5, 5.41) is 2.20. The van der Waals surface area contributed by atoms with Crippen molar-refractivity contribution in [1.29, 1.82) is 0 Å². The second-order valence-corrected chi connectivity index (χ2v) is 6.31. The van der Waals surface area contributed by atoms with Crippen molar-refractivity contribution in [3.63, 3.8) is 0 Å². The molecule has 1 N–H and O–H groups in total. The van der Waals surface area contributed by atoms with E-state index in [1.165, 1.54) is 16.7 Å². The highest BCUT2D eigenvalue weighted by atomic mass is 32.2. The molecule has 2 aliphatic heterocycles. The lowest BCUT2D eigenvalue weighted by Crippen LogP contribution is -2.65. The number of nitrogens with one attached hydrogen (secondary N) is 1. The van der Waals surface area contributed by atoms with E-state index < -0.39 is 17.4 Å². The quantitative estimate of drug-likeness (QED) is 0.730. The van der Waals surface area contributed by atoms with Crippen LogP contribution in [0.5, 0.6) is 0 Å². The number of hydrogen-bond donors (Lipinski definition) is 1. The smallest absolute Gasteiger partial charge is 0.281 e. The average Bonchev–Trinajstić information content (AvgIpc) is 2.77. The first-order valence-corrected chi connectivity index (χ1v) is 7.37. The molecule has 4 amide bonds. The highest BCUT2D eigenvalue weighted by Gasteiger charge is 2.43. The molecule has 2 saturated heterocycles. The Morgan fingerprint density at radius 3 is 2.65 bits per heavy atom. The maximum absolute atomic E-state index is 12.2. The highest BCUT2D eigenvalue weighted by Crippen LogP contribution is 2.21. The largest absolute Gasteiger partial charge is 0.332 e. The minimum atomic E-state index is -1.05. The molecule has 0 unspecified atom stereocenters. The van der Waals surface area contributed by atoms with Gasteiger partial charge in [0.2, 0.25) is 11.8 Å². The molecule has 0 saturated carbocycles. The van der Waals surface area contributed by atoms with Crippen molar-refractivity contribution in [3.8, 4) is 0 Å². The third-order valence-corrected chi connectivity index (χ3v) is 4.42. The molecule has 0 radical (unpaired) electrons. The van der Waals surface area contributed by atoms with E-state index in [0.717, 1.165) is 5.75 Å². The number of piperazine rings is 1. The molecule has 2 aliphatic rings. The van der Waals surface area contributed by atoms with Gasteiger partial charge < -0.3 is 9.80 Å². The van der Waals surface area contributed by atoms with Gasteiger partial charge in [-0.25, -0.2) is 0 Å². The van der Waals surface area contributed by atoms with Crippen LogP contribution in [0, 0.1) is 0 Å². The van der Waals surface area contributed by atoms with E-state index in [1.54, 1.807) is 18.7 Å². The third-order valence-electron chi connectivity index (χ3n) is 3.53. The van der Waals surface area contributed by atoms with Crippen molar-refractivity contribution in [2.75, 3.05) is 25.4 Å². The van der Waals surface area contributed by atoms with Crippen LogP contribution >= 0.6 is 11.8 Å². The summed E-state index contributed by atoms with van der Waals surface area (Å²) >= 11 is 1.24. The predicted octanol–water partition coefficient (Wildman–Crippen LogP) is -0.191. The molecule has 0 aromatic rings. The lowest BCUT2D eigenvalue weighted by atomic mass is 9.98. The van der Waals surface area contributed by atoms with Crippen molar-refractivity contribution < 1.29 is 19.2 Å². The third kappa shape index (κ3) is 2.79. The van der Waals surface area contributed by atoms with Crippen molar-refractivity contribution >= 4 is 34.7 Å². The minimum Gasteiger partial charge on any atom is -0.332 e. The van der Waals surface area contributed by atoms with Gasteiger partial charge in [-0.15, -0.1) is 0 Å². The van der Waals surface area contributed by atoms with Gasteiger partial charge in [0.15, 0.2) is 0 Å². The molecule has 0 aromatic carbocycles. The van der Waals surface area contributed by atoms with Crippen LogP contribution in [0.3, 0.4) is 0 Å². The van der Waals surface area contributed by atoms with E-state index >= 15 is 0 Å². The summed E-state index contributed by atoms with van der Waals surface area (Å²) in [5.74, 6) is -0.503. The Labute approximate surface area is 121 Å². The van der Waals surface area contributed by atoms with E-state index in [1.807, 2.05) is 0 Å². The number of imide groups is 1. The molecule has 110 valence electrons. The van der Waals surface area contributed by atoms with Gasteiger partial charge in [-0.1, -0.05) is 11.8 Å². The van der Waals surface area contributed by atoms with Crippen LogP contribution in [0.4, 0.5) is 4.79 Å². The maximum Gasteiger partial charge on any atom is 0.281 e. The molecular formula is C12H17N3O4S. The van der Waals surface area contributed by atoms with Crippen LogP contribution in [-0.4, -0.2) is 63.7 Å². The first-order chi connectivity index (χ1) is 9.32. The monoisotopic (exact) mass is 299 g/mol. The summed E-state index contributed by atoms with van der Waals surface area (Å²) in [5.41, 5.74) is -1.05. The number of carbonyl (C=O) groups excluding carboxylic acids is 4. The van der Waals surface area contributed by atoms with Crippen LogP contribution in [0.15, 0.2) is 0 Å². The van der Waals surface area contributed by atoms with Crippen molar-refractivity contribution in [1.82, 2.24) is 15.1 Å². The molecular weight excluding hydrogens is 282 g/mol. The second-order valence-electron chi connectivity index (χ2n) is 5.27. The topological polar surface area (TPSA) is 86.8 Å². The zero-order valence-corrected chi connectivity index (χ0v) is 12.3. The second kappa shape index (κ2) is 5.43. The zero-order chi connectivity index (χ0) is 14.9. The lowest BCUT2D eigenvalue weighted by Gasteiger charge is -2.40. The van der Waals surface area contributed by atoms with Crippen molar-refractivity contribution in [2.45, 2.75) is 25.8 Å². The van der Waals surface area contributed by atoms with Gasteiger partial charge >= 0.3 is 0 Å². The van der Waals surface area contributed by atoms with Gasteiger partial charge in [0.1, 0.15) is 12.1 Å². The van der Waals surface area contributed by atoms with Crippen LogP contribution in [0.2, 0.25) is 0 Å². The van der Waals surface area contributed by atoms with Gasteiger partial charge in [-0.2, -0.15) is 0 Å². The maximum atomic E-state index is 12.2. The number of hydrogen-bond acceptors (Lipinski definition) is 5. The summed E-state index contributed by atoms with van der Waals surface area (Å²) in [4.78, 5) is 49.7. The van der Waals surface area contributed by atoms with Crippen LogP contribution in [-0.2, 0) is 14.4 Å². The summed E-state index contributed by atoms with van der Waals surface area (Å²) < 4.78 is 0. The fourth-order valence-corrected chi connectivity index (χ4v) is 3.03. The van der Waals surface area contributed by atoms with Gasteiger partial charge in [-0.3, -0.25) is 24.5 Å². The van der Waals surface area contributed by atoms with Gasteiger partial charge in [0.25, 0.3) is 11.1 Å². The van der Waals surface area contributed by atoms with Gasteiger partial charge in [0, 0.05) is 25.3 Å². The molecule has 2 heterocycles. The molecule has 0 aromatic heterocycles. The Bertz CT molecular complexity index is 477. The standard InChI is InChI=1S/C12H17N3O4S/c1-12(2)10(18)13-8(16)7-15(12)9(17)3-4-14-5-6-20-11(14)19/h3-7H2,1-2H3,(H,13,16,18). The summed E-state index contributed by atoms with van der Waals surface area (Å²) in [6, 6.07) is 0. The molecule has 20 heavy (non-hydrogen) atoms. The summed E-state index contributed by atoms with van der Waals surface area (Å²) in [7, 11) is 0. The molecule has 0 atom stereocenters. The first kappa shape index (κ1) is 14.8. The molecule has 2 fully saturated rings. The zero-order valence-electron chi connectivity index (χ0n) is 11.5. The number of carbonyl (C=O) groups is 4. The van der Waals surface area contributed by atoms with E-state index in [9.17, 15) is 19.2 Å². The fourth-order valence-electron chi connectivity index (χ4n) is 2.18. The molecule has 0 aliphatic carbocycles. The number of rotatable bonds is 3. The van der Waals surface area contributed by atoms with Gasteiger partial charge in [0.05, 0.1) is 0 Å². The Hall–Kier alpha value is -1.57. The van der Waals surface area contributed by atoms with Crippen LogP contribution in [0.25, 0.3) is 0 Å². The lowest BCUT2D eigenvalue weighted by molar-refractivity contribution is -0.155. The van der Waals surface area contributed by atoms with E-state index in [0.29, 0.717) is 13.1 Å². The Balaban J connectivity index is 1.98. The molecule has 7 nitrogen and oxygen atoms in total. The Kier molecular flexibility index (Phi) is 4.03. The number of nitrogens with zero attached hydrogens (tertiary/aromatic N) is 2. The van der Waals surface area contributed by atoms with E-state index in [-0.39, 0.29) is 24.1 Å². The summed E-state index contributed by atoms with van der Waals surface area (Å²) in [6.07, 6.45) is 0.121. The fraction of sp³-hybridized carbons (Fsp3) is 0.667. The first-order valence-electron chi connectivity index (χ1n) is 6.39. The van der Waals surface area contributed by atoms with E-state index in [2.05, 4.69) is 5.32 Å². The average molecular weight is 299 g/mol. The normalized spacial score (nSPS) is 22.2. The molecule has 8 heteroatoms. The van der Waals surface area contributed by atoms with E-state index in [4.69, 9.17) is 0 Å². The van der Waals surface area contributed by atoms with Crippen LogP contribution < -0.4 is 5.32 Å². The van der Waals surface area contributed by atoms with Gasteiger partial charge in [-0.05, 0) is 13.8 Å². The van der Waals surface area contributed by atoms with Crippen LogP contribution in [0.1, 0.15) is 20.3 Å². The Morgan fingerprint density at radius 1 is 1.35 bits per heavy atom. The molecule has 2 rings (SSSR count). The van der Waals surface area contributed by atoms with Crippen molar-refractivity contribution in [3.05, 3.63) is 0 Å². The molecule has 0 bridgehead atoms. The number of amides is 4. The highest BCUT2D eigenvalue weighted by molar-refractivity contribution is 8.13. The SMILES string of the molecule is CC1(C)C(=O)NC(=O)CN1C(=O)CCN1CCSC1=O. The molecule has 0 spiro atoms. The minimum absolute atomic E-state index is 0.0236.